The number of esters is 1. The van der Waals surface area contributed by atoms with Gasteiger partial charge in [0.15, 0.2) is 0 Å². The number of nitrogens with zero attached hydrogens (tertiary/aromatic N) is 1. The fourth-order valence-corrected chi connectivity index (χ4v) is 2.43. The van der Waals surface area contributed by atoms with Crippen molar-refractivity contribution in [3.05, 3.63) is 28.3 Å². The summed E-state index contributed by atoms with van der Waals surface area (Å²) in [5.74, 6) is -1.94. The molecular formula is C13H16N2O7S. The van der Waals surface area contributed by atoms with E-state index in [4.69, 9.17) is 4.74 Å². The van der Waals surface area contributed by atoms with Crippen molar-refractivity contribution in [3.63, 3.8) is 0 Å². The van der Waals surface area contributed by atoms with E-state index in [9.17, 15) is 23.9 Å². The average molecular weight is 344 g/mol. The van der Waals surface area contributed by atoms with E-state index in [1.165, 1.54) is 19.2 Å². The van der Waals surface area contributed by atoms with E-state index in [0.29, 0.717) is 0 Å². The maximum atomic E-state index is 11.8. The summed E-state index contributed by atoms with van der Waals surface area (Å²) >= 11 is 0. The van der Waals surface area contributed by atoms with E-state index >= 15 is 0 Å². The molecular weight excluding hydrogens is 328 g/mol. The number of hydrogen-bond donors (Lipinski definition) is 1. The number of anilines is 1. The lowest BCUT2D eigenvalue weighted by Gasteiger charge is -2.09. The van der Waals surface area contributed by atoms with E-state index in [0.717, 1.165) is 6.07 Å². The molecule has 1 atom stereocenters. The number of carbonyl (C=O) groups excluding carboxylic acids is 2. The predicted molar refractivity (Wildman–Crippen MR) is 82.8 cm³/mol. The zero-order valence-electron chi connectivity index (χ0n) is 12.6. The van der Waals surface area contributed by atoms with Crippen molar-refractivity contribution in [2.75, 3.05) is 30.5 Å². The molecule has 0 aliphatic rings. The third-order valence-corrected chi connectivity index (χ3v) is 3.69. The Balaban J connectivity index is 2.68. The summed E-state index contributed by atoms with van der Waals surface area (Å²) in [7, 11) is -0.412. The molecule has 1 aromatic carbocycles. The van der Waals surface area contributed by atoms with Crippen LogP contribution >= 0.6 is 0 Å². The second-order valence-corrected chi connectivity index (χ2v) is 5.68. The van der Waals surface area contributed by atoms with Gasteiger partial charge in [0.1, 0.15) is 17.3 Å². The van der Waals surface area contributed by atoms with Gasteiger partial charge < -0.3 is 14.8 Å². The van der Waals surface area contributed by atoms with Crippen molar-refractivity contribution in [1.29, 1.82) is 0 Å². The molecule has 126 valence electrons. The summed E-state index contributed by atoms with van der Waals surface area (Å²) in [6, 6.07) is 3.67. The van der Waals surface area contributed by atoms with Gasteiger partial charge in [-0.1, -0.05) is 0 Å². The van der Waals surface area contributed by atoms with Crippen LogP contribution in [-0.2, 0) is 25.1 Å². The molecule has 0 saturated heterocycles. The van der Waals surface area contributed by atoms with Crippen molar-refractivity contribution in [1.82, 2.24) is 0 Å². The summed E-state index contributed by atoms with van der Waals surface area (Å²) in [4.78, 5) is 33.1. The molecule has 0 bridgehead atoms. The first kappa shape index (κ1) is 18.6. The Morgan fingerprint density at radius 1 is 1.35 bits per heavy atom. The molecule has 1 amide bonds. The lowest BCUT2D eigenvalue weighted by molar-refractivity contribution is -0.384. The first-order valence-electron chi connectivity index (χ1n) is 6.50. The Bertz CT molecular complexity index is 633. The topological polar surface area (TPSA) is 125 Å². The van der Waals surface area contributed by atoms with Crippen LogP contribution in [0.2, 0.25) is 0 Å². The number of rotatable bonds is 8. The zero-order valence-corrected chi connectivity index (χ0v) is 13.4. The lowest BCUT2D eigenvalue weighted by Crippen LogP contribution is -2.24. The van der Waals surface area contributed by atoms with Crippen LogP contribution < -0.4 is 10.1 Å². The molecule has 1 rings (SSSR count). The first-order valence-corrected chi connectivity index (χ1v) is 7.99. The Kier molecular flexibility index (Phi) is 7.13. The number of nitrogens with one attached hydrogen (secondary N) is 1. The SMILES string of the molecule is CCOC(=O)CS(=O)CC(=O)Nc1ccc([N+](=O)[O-])cc1OC. The number of non-ortho nitro benzene ring substituents is 1. The highest BCUT2D eigenvalue weighted by molar-refractivity contribution is 7.86. The van der Waals surface area contributed by atoms with Gasteiger partial charge >= 0.3 is 5.97 Å². The van der Waals surface area contributed by atoms with Crippen molar-refractivity contribution >= 4 is 34.1 Å². The van der Waals surface area contributed by atoms with Crippen molar-refractivity contribution < 1.29 is 28.2 Å². The molecule has 9 nitrogen and oxygen atoms in total. The standard InChI is InChI=1S/C13H16N2O7S/c1-3-22-13(17)8-23(20)7-12(16)14-10-5-4-9(15(18)19)6-11(10)21-2/h4-6H,3,7-8H2,1-2H3,(H,14,16). The van der Waals surface area contributed by atoms with Crippen LogP contribution in [0.15, 0.2) is 18.2 Å². The van der Waals surface area contributed by atoms with Crippen molar-refractivity contribution in [2.45, 2.75) is 6.92 Å². The van der Waals surface area contributed by atoms with Crippen molar-refractivity contribution in [2.24, 2.45) is 0 Å². The normalized spacial score (nSPS) is 11.4. The van der Waals surface area contributed by atoms with E-state index in [-0.39, 0.29) is 29.5 Å². The maximum absolute atomic E-state index is 11.8. The number of nitro groups is 1. The minimum Gasteiger partial charge on any atom is -0.494 e. The minimum absolute atomic E-state index is 0.101. The minimum atomic E-state index is -1.71. The van der Waals surface area contributed by atoms with Crippen LogP contribution in [0.1, 0.15) is 6.92 Å². The van der Waals surface area contributed by atoms with Crippen molar-refractivity contribution in [3.8, 4) is 5.75 Å². The Morgan fingerprint density at radius 2 is 2.04 bits per heavy atom. The van der Waals surface area contributed by atoms with Gasteiger partial charge in [0.2, 0.25) is 5.91 Å². The number of benzene rings is 1. The van der Waals surface area contributed by atoms with Crippen LogP contribution in [0.5, 0.6) is 5.75 Å². The number of hydrogen-bond acceptors (Lipinski definition) is 7. The molecule has 0 aromatic heterocycles. The van der Waals surface area contributed by atoms with E-state index in [1.807, 2.05) is 0 Å². The first-order chi connectivity index (χ1) is 10.9. The highest BCUT2D eigenvalue weighted by atomic mass is 32.2. The van der Waals surface area contributed by atoms with Gasteiger partial charge in [-0.3, -0.25) is 23.9 Å². The highest BCUT2D eigenvalue weighted by Gasteiger charge is 2.16. The van der Waals surface area contributed by atoms with E-state index in [1.54, 1.807) is 6.92 Å². The van der Waals surface area contributed by atoms with E-state index in [2.05, 4.69) is 10.1 Å². The summed E-state index contributed by atoms with van der Waals surface area (Å²) in [5, 5.41) is 13.1. The number of ether oxygens (including phenoxy) is 2. The van der Waals surface area contributed by atoms with Gasteiger partial charge in [-0.2, -0.15) is 0 Å². The summed E-state index contributed by atoms with van der Waals surface area (Å²) in [5.41, 5.74) is 0.0157. The van der Waals surface area contributed by atoms with Crippen LogP contribution in [0.4, 0.5) is 11.4 Å². The molecule has 0 fully saturated rings. The van der Waals surface area contributed by atoms with Crippen LogP contribution in [-0.4, -0.2) is 46.2 Å². The molecule has 0 heterocycles. The van der Waals surface area contributed by atoms with Crippen LogP contribution in [0.25, 0.3) is 0 Å². The molecule has 0 radical (unpaired) electrons. The fourth-order valence-electron chi connectivity index (χ4n) is 1.61. The molecule has 1 unspecified atom stereocenters. The number of nitro benzene ring substituents is 1. The number of carbonyl (C=O) groups is 2. The predicted octanol–water partition coefficient (Wildman–Crippen LogP) is 0.854. The lowest BCUT2D eigenvalue weighted by atomic mass is 10.2. The average Bonchev–Trinajstić information content (AvgIpc) is 2.47. The smallest absolute Gasteiger partial charge is 0.318 e. The van der Waals surface area contributed by atoms with Crippen LogP contribution in [0, 0.1) is 10.1 Å². The molecule has 10 heteroatoms. The molecule has 0 spiro atoms. The van der Waals surface area contributed by atoms with Gasteiger partial charge in [0.25, 0.3) is 5.69 Å². The maximum Gasteiger partial charge on any atom is 0.318 e. The van der Waals surface area contributed by atoms with Gasteiger partial charge in [0, 0.05) is 16.9 Å². The third-order valence-electron chi connectivity index (χ3n) is 2.55. The molecule has 0 aliphatic carbocycles. The Labute approximate surface area is 134 Å². The second kappa shape index (κ2) is 8.83. The van der Waals surface area contributed by atoms with Crippen LogP contribution in [0.3, 0.4) is 0 Å². The fraction of sp³-hybridized carbons (Fsp3) is 0.385. The molecule has 1 aromatic rings. The molecule has 0 saturated carbocycles. The summed E-state index contributed by atoms with van der Waals surface area (Å²) in [6.45, 7) is 1.79. The number of methoxy groups -OCH3 is 1. The largest absolute Gasteiger partial charge is 0.494 e. The Morgan fingerprint density at radius 3 is 2.61 bits per heavy atom. The molecule has 1 N–H and O–H groups in total. The number of amides is 1. The van der Waals surface area contributed by atoms with Gasteiger partial charge in [-0.05, 0) is 13.0 Å². The van der Waals surface area contributed by atoms with E-state index < -0.39 is 33.4 Å². The molecule has 23 heavy (non-hydrogen) atoms. The van der Waals surface area contributed by atoms with Gasteiger partial charge in [0.05, 0.1) is 30.4 Å². The monoisotopic (exact) mass is 344 g/mol. The zero-order chi connectivity index (χ0) is 17.4. The Hall–Kier alpha value is -2.49. The van der Waals surface area contributed by atoms with Gasteiger partial charge in [-0.15, -0.1) is 0 Å². The summed E-state index contributed by atoms with van der Waals surface area (Å²) < 4.78 is 21.3. The summed E-state index contributed by atoms with van der Waals surface area (Å²) in [6.07, 6.45) is 0. The molecule has 0 aliphatic heterocycles. The third kappa shape index (κ3) is 6.02. The van der Waals surface area contributed by atoms with Gasteiger partial charge in [-0.25, -0.2) is 0 Å². The highest BCUT2D eigenvalue weighted by Crippen LogP contribution is 2.28. The second-order valence-electron chi connectivity index (χ2n) is 4.22. The quantitative estimate of drug-likeness (QED) is 0.421.